The van der Waals surface area contributed by atoms with Crippen LogP contribution in [0, 0.1) is 10.1 Å². The number of hydrogen-bond donors (Lipinski definition) is 1. The molecule has 0 aliphatic carbocycles. The van der Waals surface area contributed by atoms with Crippen LogP contribution in [0.15, 0.2) is 18.2 Å². The lowest BCUT2D eigenvalue weighted by molar-refractivity contribution is -0.388. The topological polar surface area (TPSA) is 43.1 Å². The third-order valence-corrected chi connectivity index (χ3v) is 4.25. The summed E-state index contributed by atoms with van der Waals surface area (Å²) in [5, 5.41) is 10.7. The summed E-state index contributed by atoms with van der Waals surface area (Å²) >= 11 is 4.16. The molecular weight excluding hydrogens is 339 g/mol. The smallest absolute Gasteiger partial charge is 0.258 e. The number of nitrogens with zero attached hydrogens (tertiary/aromatic N) is 1. The van der Waals surface area contributed by atoms with Gasteiger partial charge in [0.2, 0.25) is 0 Å². The molecule has 0 aliphatic rings. The number of rotatable bonds is 11. The zero-order valence-corrected chi connectivity index (χ0v) is 14.5. The molecule has 0 spiro atoms. The SMILES string of the molecule is O=[N+]([O-])c1ccc(CCCCCCCCCCS)cc1C(F)(F)F. The van der Waals surface area contributed by atoms with Crippen molar-refractivity contribution in [3.63, 3.8) is 0 Å². The number of thiol groups is 1. The maximum absolute atomic E-state index is 12.9. The number of nitro benzene ring substituents is 1. The van der Waals surface area contributed by atoms with Gasteiger partial charge in [0.05, 0.1) is 4.92 Å². The number of aryl methyl sites for hydroxylation is 1. The van der Waals surface area contributed by atoms with Gasteiger partial charge in [-0.3, -0.25) is 10.1 Å². The van der Waals surface area contributed by atoms with Crippen molar-refractivity contribution in [3.05, 3.63) is 39.4 Å². The van der Waals surface area contributed by atoms with Crippen LogP contribution in [0.3, 0.4) is 0 Å². The lowest BCUT2D eigenvalue weighted by atomic mass is 10.0. The Hall–Kier alpha value is -1.24. The molecule has 1 aromatic carbocycles. The normalized spacial score (nSPS) is 11.7. The molecule has 0 atom stereocenters. The van der Waals surface area contributed by atoms with E-state index in [0.717, 1.165) is 50.0 Å². The van der Waals surface area contributed by atoms with Crippen molar-refractivity contribution in [1.82, 2.24) is 0 Å². The van der Waals surface area contributed by atoms with Gasteiger partial charge in [0, 0.05) is 6.07 Å². The summed E-state index contributed by atoms with van der Waals surface area (Å²) in [6, 6.07) is 3.29. The number of halogens is 3. The number of hydrogen-bond acceptors (Lipinski definition) is 3. The largest absolute Gasteiger partial charge is 0.423 e. The quantitative estimate of drug-likeness (QED) is 0.220. The standard InChI is InChI=1S/C17H24F3NO2S/c18-17(19,20)15-13-14(10-11-16(15)21(22)23)9-7-5-3-1-2-4-6-8-12-24/h10-11,13,24H,1-9,12H2. The van der Waals surface area contributed by atoms with E-state index >= 15 is 0 Å². The van der Waals surface area contributed by atoms with E-state index in [1.807, 2.05) is 0 Å². The number of benzene rings is 1. The molecule has 0 radical (unpaired) electrons. The predicted octanol–water partition coefficient (Wildman–Crippen LogP) is 6.21. The Morgan fingerprint density at radius 1 is 0.958 bits per heavy atom. The minimum Gasteiger partial charge on any atom is -0.258 e. The van der Waals surface area contributed by atoms with Crippen LogP contribution in [0.2, 0.25) is 0 Å². The summed E-state index contributed by atoms with van der Waals surface area (Å²) in [6.07, 6.45) is 4.52. The molecule has 7 heteroatoms. The Bertz CT molecular complexity index is 521. The van der Waals surface area contributed by atoms with Gasteiger partial charge < -0.3 is 0 Å². The van der Waals surface area contributed by atoms with Crippen LogP contribution >= 0.6 is 12.6 Å². The summed E-state index contributed by atoms with van der Waals surface area (Å²) in [6.45, 7) is 0. The van der Waals surface area contributed by atoms with Gasteiger partial charge in [0.25, 0.3) is 5.69 Å². The molecule has 0 bridgehead atoms. The first kappa shape index (κ1) is 20.8. The van der Waals surface area contributed by atoms with Gasteiger partial charge >= 0.3 is 6.18 Å². The average molecular weight is 363 g/mol. The molecule has 0 amide bonds. The van der Waals surface area contributed by atoms with E-state index in [9.17, 15) is 23.3 Å². The van der Waals surface area contributed by atoms with Crippen LogP contribution < -0.4 is 0 Å². The van der Waals surface area contributed by atoms with Crippen molar-refractivity contribution in [2.24, 2.45) is 0 Å². The number of nitro groups is 1. The summed E-state index contributed by atoms with van der Waals surface area (Å²) < 4.78 is 38.7. The zero-order chi connectivity index (χ0) is 18.0. The highest BCUT2D eigenvalue weighted by Crippen LogP contribution is 2.36. The summed E-state index contributed by atoms with van der Waals surface area (Å²) in [4.78, 5) is 9.72. The second-order valence-corrected chi connectivity index (χ2v) is 6.36. The molecule has 0 fully saturated rings. The first-order chi connectivity index (χ1) is 11.4. The second kappa shape index (κ2) is 10.6. The molecule has 0 heterocycles. The molecule has 3 nitrogen and oxygen atoms in total. The molecule has 136 valence electrons. The molecule has 0 N–H and O–H groups in total. The maximum atomic E-state index is 12.9. The van der Waals surface area contributed by atoms with E-state index < -0.39 is 22.4 Å². The van der Waals surface area contributed by atoms with Crippen molar-refractivity contribution in [2.75, 3.05) is 5.75 Å². The molecule has 0 saturated carbocycles. The Balaban J connectivity index is 2.40. The third-order valence-electron chi connectivity index (χ3n) is 3.94. The molecule has 1 aromatic rings. The van der Waals surface area contributed by atoms with Gasteiger partial charge in [-0.25, -0.2) is 0 Å². The van der Waals surface area contributed by atoms with Crippen molar-refractivity contribution in [3.8, 4) is 0 Å². The number of alkyl halides is 3. The highest BCUT2D eigenvalue weighted by Gasteiger charge is 2.38. The predicted molar refractivity (Wildman–Crippen MR) is 92.6 cm³/mol. The summed E-state index contributed by atoms with van der Waals surface area (Å²) in [5.74, 6) is 0.926. The lowest BCUT2D eigenvalue weighted by Gasteiger charge is -2.09. The van der Waals surface area contributed by atoms with Crippen LogP contribution in [0.5, 0.6) is 0 Å². The molecule has 0 aromatic heterocycles. The lowest BCUT2D eigenvalue weighted by Crippen LogP contribution is -2.09. The second-order valence-electron chi connectivity index (χ2n) is 5.91. The molecule has 24 heavy (non-hydrogen) atoms. The van der Waals surface area contributed by atoms with Crippen LogP contribution in [0.4, 0.5) is 18.9 Å². The molecule has 1 rings (SSSR count). The molecular formula is C17H24F3NO2S. The summed E-state index contributed by atoms with van der Waals surface area (Å²) in [7, 11) is 0. The zero-order valence-electron chi connectivity index (χ0n) is 13.6. The van der Waals surface area contributed by atoms with Crippen molar-refractivity contribution >= 4 is 18.3 Å². The van der Waals surface area contributed by atoms with Gasteiger partial charge in [0.15, 0.2) is 0 Å². The molecule has 0 unspecified atom stereocenters. The first-order valence-corrected chi connectivity index (χ1v) is 8.95. The Morgan fingerprint density at radius 3 is 2.00 bits per heavy atom. The fourth-order valence-corrected chi connectivity index (χ4v) is 2.85. The minimum atomic E-state index is -4.70. The maximum Gasteiger partial charge on any atom is 0.423 e. The van der Waals surface area contributed by atoms with Gasteiger partial charge in [-0.1, -0.05) is 44.6 Å². The van der Waals surface area contributed by atoms with Crippen LogP contribution in [-0.2, 0) is 12.6 Å². The van der Waals surface area contributed by atoms with E-state index in [-0.39, 0.29) is 0 Å². The van der Waals surface area contributed by atoms with Gasteiger partial charge in [-0.05, 0) is 36.6 Å². The fourth-order valence-electron chi connectivity index (χ4n) is 2.63. The average Bonchev–Trinajstić information content (AvgIpc) is 2.52. The Labute approximate surface area is 146 Å². The highest BCUT2D eigenvalue weighted by atomic mass is 32.1. The van der Waals surface area contributed by atoms with Gasteiger partial charge in [0.1, 0.15) is 5.56 Å². The van der Waals surface area contributed by atoms with E-state index in [1.165, 1.54) is 25.3 Å². The van der Waals surface area contributed by atoms with E-state index in [4.69, 9.17) is 0 Å². The van der Waals surface area contributed by atoms with Crippen LogP contribution in [0.25, 0.3) is 0 Å². The number of unbranched alkanes of at least 4 members (excludes halogenated alkanes) is 7. The minimum absolute atomic E-state index is 0.502. The van der Waals surface area contributed by atoms with Crippen LogP contribution in [-0.4, -0.2) is 10.7 Å². The highest BCUT2D eigenvalue weighted by molar-refractivity contribution is 7.80. The van der Waals surface area contributed by atoms with Crippen molar-refractivity contribution in [2.45, 2.75) is 64.0 Å². The van der Waals surface area contributed by atoms with Gasteiger partial charge in [-0.2, -0.15) is 25.8 Å². The fraction of sp³-hybridized carbons (Fsp3) is 0.647. The van der Waals surface area contributed by atoms with Gasteiger partial charge in [-0.15, -0.1) is 0 Å². The monoisotopic (exact) mass is 363 g/mol. The molecule has 0 saturated heterocycles. The van der Waals surface area contributed by atoms with Crippen LogP contribution in [0.1, 0.15) is 62.5 Å². The Morgan fingerprint density at radius 2 is 1.50 bits per heavy atom. The third kappa shape index (κ3) is 7.55. The van der Waals surface area contributed by atoms with E-state index in [0.29, 0.717) is 12.0 Å². The first-order valence-electron chi connectivity index (χ1n) is 8.31. The van der Waals surface area contributed by atoms with E-state index in [1.54, 1.807) is 0 Å². The molecule has 0 aliphatic heterocycles. The Kier molecular flexibility index (Phi) is 9.18. The van der Waals surface area contributed by atoms with Crippen molar-refractivity contribution in [1.29, 1.82) is 0 Å². The summed E-state index contributed by atoms with van der Waals surface area (Å²) in [5.41, 5.74) is -1.54. The van der Waals surface area contributed by atoms with E-state index in [2.05, 4.69) is 12.6 Å². The van der Waals surface area contributed by atoms with Crippen molar-refractivity contribution < 1.29 is 18.1 Å².